The summed E-state index contributed by atoms with van der Waals surface area (Å²) < 4.78 is 22.3. The molecule has 5 nitrogen and oxygen atoms in total. The molecule has 1 aliphatic rings. The van der Waals surface area contributed by atoms with Gasteiger partial charge in [0.15, 0.2) is 0 Å². The van der Waals surface area contributed by atoms with Gasteiger partial charge in [-0.15, -0.1) is 5.10 Å². The summed E-state index contributed by atoms with van der Waals surface area (Å²) in [6.45, 7) is 0.955. The van der Waals surface area contributed by atoms with Gasteiger partial charge in [-0.05, 0) is 24.3 Å². The summed E-state index contributed by atoms with van der Waals surface area (Å²) in [6.07, 6.45) is 0. The maximum atomic E-state index is 11.9. The van der Waals surface area contributed by atoms with E-state index >= 15 is 0 Å². The molecule has 0 bridgehead atoms. The van der Waals surface area contributed by atoms with Gasteiger partial charge in [-0.25, -0.2) is 4.21 Å². The number of ether oxygens (including phenoxy) is 1. The Labute approximate surface area is 111 Å². The van der Waals surface area contributed by atoms with Crippen molar-refractivity contribution in [1.29, 1.82) is 0 Å². The van der Waals surface area contributed by atoms with E-state index in [4.69, 9.17) is 20.8 Å². The predicted octanol–water partition coefficient (Wildman–Crippen LogP) is 1.90. The van der Waals surface area contributed by atoms with Crippen LogP contribution in [0.3, 0.4) is 0 Å². The van der Waals surface area contributed by atoms with Gasteiger partial charge in [0.2, 0.25) is 5.89 Å². The van der Waals surface area contributed by atoms with Crippen LogP contribution in [-0.4, -0.2) is 32.9 Å². The fourth-order valence-electron chi connectivity index (χ4n) is 1.48. The highest BCUT2D eigenvalue weighted by atomic mass is 35.5. The highest BCUT2D eigenvalue weighted by Crippen LogP contribution is 2.23. The Morgan fingerprint density at radius 3 is 2.56 bits per heavy atom. The molecule has 1 aromatic carbocycles. The van der Waals surface area contributed by atoms with Gasteiger partial charge in [-0.1, -0.05) is 16.7 Å². The molecule has 2 heterocycles. The first-order chi connectivity index (χ1) is 8.74. The van der Waals surface area contributed by atoms with Crippen molar-refractivity contribution in [2.24, 2.45) is 0 Å². The van der Waals surface area contributed by atoms with E-state index in [0.717, 1.165) is 5.56 Å². The largest absolute Gasteiger partial charge is 0.409 e. The molecule has 0 saturated carbocycles. The van der Waals surface area contributed by atoms with Crippen LogP contribution in [0.1, 0.15) is 0 Å². The summed E-state index contributed by atoms with van der Waals surface area (Å²) in [5, 5.41) is 8.44. The Kier molecular flexibility index (Phi) is 3.15. The lowest BCUT2D eigenvalue weighted by Crippen LogP contribution is -2.37. The van der Waals surface area contributed by atoms with Gasteiger partial charge in [0.1, 0.15) is 10.8 Å². The highest BCUT2D eigenvalue weighted by Gasteiger charge is 2.30. The number of benzene rings is 1. The van der Waals surface area contributed by atoms with Crippen LogP contribution in [0.5, 0.6) is 0 Å². The van der Waals surface area contributed by atoms with Crippen molar-refractivity contribution >= 4 is 22.4 Å². The quantitative estimate of drug-likeness (QED) is 0.861. The molecule has 0 spiro atoms. The molecule has 2 aromatic rings. The van der Waals surface area contributed by atoms with Gasteiger partial charge in [-0.3, -0.25) is 0 Å². The van der Waals surface area contributed by atoms with Crippen molar-refractivity contribution in [3.05, 3.63) is 29.3 Å². The standard InChI is InChI=1S/C11H9ClN2O3S/c12-8-3-1-7(2-4-8)10-13-14-11(17-10)18(15)9-5-16-6-9/h1-4,9H,5-6H2. The number of hydrogen-bond donors (Lipinski definition) is 0. The fraction of sp³-hybridized carbons (Fsp3) is 0.273. The van der Waals surface area contributed by atoms with Gasteiger partial charge >= 0.3 is 5.22 Å². The van der Waals surface area contributed by atoms with Crippen molar-refractivity contribution in [3.63, 3.8) is 0 Å². The molecule has 7 heteroatoms. The first kappa shape index (κ1) is 11.8. The Bertz CT molecular complexity index is 580. The van der Waals surface area contributed by atoms with E-state index in [0.29, 0.717) is 24.1 Å². The van der Waals surface area contributed by atoms with E-state index in [-0.39, 0.29) is 10.5 Å². The molecule has 18 heavy (non-hydrogen) atoms. The second kappa shape index (κ2) is 4.79. The highest BCUT2D eigenvalue weighted by molar-refractivity contribution is 7.85. The molecule has 0 radical (unpaired) electrons. The molecule has 1 saturated heterocycles. The van der Waals surface area contributed by atoms with Crippen molar-refractivity contribution in [2.45, 2.75) is 10.5 Å². The topological polar surface area (TPSA) is 65.2 Å². The molecule has 1 aromatic heterocycles. The van der Waals surface area contributed by atoms with E-state index in [1.807, 2.05) is 0 Å². The lowest BCUT2D eigenvalue weighted by molar-refractivity contribution is 0.0430. The van der Waals surface area contributed by atoms with Crippen LogP contribution in [0.2, 0.25) is 5.02 Å². The molecular weight excluding hydrogens is 276 g/mol. The van der Waals surface area contributed by atoms with Crippen molar-refractivity contribution in [3.8, 4) is 11.5 Å². The van der Waals surface area contributed by atoms with Crippen LogP contribution in [0.15, 0.2) is 33.9 Å². The van der Waals surface area contributed by atoms with Gasteiger partial charge in [0, 0.05) is 10.6 Å². The van der Waals surface area contributed by atoms with E-state index in [9.17, 15) is 4.21 Å². The van der Waals surface area contributed by atoms with E-state index < -0.39 is 10.8 Å². The lowest BCUT2D eigenvalue weighted by Gasteiger charge is -2.22. The third-order valence-electron chi connectivity index (χ3n) is 2.58. The first-order valence-corrected chi connectivity index (χ1v) is 6.91. The molecule has 3 rings (SSSR count). The molecule has 0 amide bonds. The van der Waals surface area contributed by atoms with Gasteiger partial charge in [0.25, 0.3) is 0 Å². The van der Waals surface area contributed by atoms with Crippen LogP contribution in [0.4, 0.5) is 0 Å². The Morgan fingerprint density at radius 2 is 1.94 bits per heavy atom. The monoisotopic (exact) mass is 284 g/mol. The summed E-state index contributed by atoms with van der Waals surface area (Å²) in [6, 6.07) is 7.01. The average Bonchev–Trinajstić information content (AvgIpc) is 2.77. The smallest absolute Gasteiger partial charge is 0.308 e. The molecule has 1 atom stereocenters. The SMILES string of the molecule is O=S(c1nnc(-c2ccc(Cl)cc2)o1)C1COC1. The minimum absolute atomic E-state index is 0.0384. The number of nitrogens with zero attached hydrogens (tertiary/aromatic N) is 2. The number of hydrogen-bond acceptors (Lipinski definition) is 5. The Hall–Kier alpha value is -1.24. The molecule has 1 fully saturated rings. The van der Waals surface area contributed by atoms with Crippen molar-refractivity contribution in [1.82, 2.24) is 10.2 Å². The molecular formula is C11H9ClN2O3S. The maximum absolute atomic E-state index is 11.9. The van der Waals surface area contributed by atoms with Gasteiger partial charge in [-0.2, -0.15) is 0 Å². The first-order valence-electron chi connectivity index (χ1n) is 5.32. The second-order valence-corrected chi connectivity index (χ2v) is 5.88. The minimum atomic E-state index is -1.29. The lowest BCUT2D eigenvalue weighted by atomic mass is 10.2. The third-order valence-corrected chi connectivity index (χ3v) is 4.22. The molecule has 0 aliphatic carbocycles. The molecule has 1 unspecified atom stereocenters. The third kappa shape index (κ3) is 2.19. The van der Waals surface area contributed by atoms with Crippen molar-refractivity contribution < 1.29 is 13.4 Å². The van der Waals surface area contributed by atoms with Crippen molar-refractivity contribution in [2.75, 3.05) is 13.2 Å². The summed E-state index contributed by atoms with van der Waals surface area (Å²) in [7, 11) is -1.29. The average molecular weight is 285 g/mol. The zero-order chi connectivity index (χ0) is 12.5. The van der Waals surface area contributed by atoms with Crippen LogP contribution < -0.4 is 0 Å². The number of rotatable bonds is 3. The maximum Gasteiger partial charge on any atom is 0.308 e. The van der Waals surface area contributed by atoms with Crippen LogP contribution >= 0.6 is 11.6 Å². The second-order valence-electron chi connectivity index (χ2n) is 3.84. The Morgan fingerprint density at radius 1 is 1.22 bits per heavy atom. The summed E-state index contributed by atoms with van der Waals surface area (Å²) in [5.74, 6) is 0.343. The van der Waals surface area contributed by atoms with Crippen LogP contribution in [-0.2, 0) is 15.5 Å². The normalized spacial score (nSPS) is 17.4. The van der Waals surface area contributed by atoms with Gasteiger partial charge in [0.05, 0.1) is 18.5 Å². The summed E-state index contributed by atoms with van der Waals surface area (Å²) in [4.78, 5) is 0. The van der Waals surface area contributed by atoms with E-state index in [2.05, 4.69) is 10.2 Å². The predicted molar refractivity (Wildman–Crippen MR) is 65.8 cm³/mol. The fourth-order valence-corrected chi connectivity index (χ4v) is 2.61. The van der Waals surface area contributed by atoms with Gasteiger partial charge < -0.3 is 9.15 Å². The zero-order valence-electron chi connectivity index (χ0n) is 9.21. The minimum Gasteiger partial charge on any atom is -0.409 e. The number of aromatic nitrogens is 2. The Balaban J connectivity index is 1.84. The summed E-state index contributed by atoms with van der Waals surface area (Å²) in [5.41, 5.74) is 0.750. The van der Waals surface area contributed by atoms with E-state index in [1.54, 1.807) is 24.3 Å². The zero-order valence-corrected chi connectivity index (χ0v) is 10.8. The van der Waals surface area contributed by atoms with E-state index in [1.165, 1.54) is 0 Å². The summed E-state index contributed by atoms with van der Waals surface area (Å²) >= 11 is 5.79. The molecule has 0 N–H and O–H groups in total. The van der Waals surface area contributed by atoms with Crippen LogP contribution in [0, 0.1) is 0 Å². The molecule has 94 valence electrons. The number of halogens is 1. The van der Waals surface area contributed by atoms with Crippen LogP contribution in [0.25, 0.3) is 11.5 Å². The molecule has 1 aliphatic heterocycles.